The van der Waals surface area contributed by atoms with Gasteiger partial charge in [-0.05, 0) is 41.2 Å². The van der Waals surface area contributed by atoms with E-state index in [1.165, 1.54) is 4.90 Å². The molecule has 0 radical (unpaired) electrons. The molecule has 0 aromatic carbocycles. The van der Waals surface area contributed by atoms with E-state index >= 15 is 0 Å². The minimum atomic E-state index is -0.381. The summed E-state index contributed by atoms with van der Waals surface area (Å²) < 4.78 is 1.04. The number of hydrogen-bond donors (Lipinski definition) is 1. The highest BCUT2D eigenvalue weighted by Crippen LogP contribution is 2.23. The summed E-state index contributed by atoms with van der Waals surface area (Å²) in [6, 6.07) is 1.53. The maximum atomic E-state index is 12.0. The first-order valence-electron chi connectivity index (χ1n) is 5.82. The monoisotopic (exact) mass is 330 g/mol. The predicted octanol–water partition coefficient (Wildman–Crippen LogP) is 2.14. The molecular weight excluding hydrogens is 316 g/mol. The van der Waals surface area contributed by atoms with Crippen LogP contribution in [0, 0.1) is 0 Å². The molecule has 2 rings (SSSR count). The molecule has 1 unspecified atom stereocenters. The molecule has 18 heavy (non-hydrogen) atoms. The van der Waals surface area contributed by atoms with Crippen molar-refractivity contribution in [2.75, 3.05) is 0 Å². The summed E-state index contributed by atoms with van der Waals surface area (Å²) in [6.45, 7) is 4.32. The minimum absolute atomic E-state index is 0.0646. The molecule has 0 saturated carbocycles. The number of nitrogens with one attached hydrogen (secondary N) is 1. The fraction of sp³-hybridized carbons (Fsp3) is 0.500. The maximum Gasteiger partial charge on any atom is 0.247 e. The normalized spacial score (nSPS) is 20.2. The van der Waals surface area contributed by atoms with Crippen molar-refractivity contribution in [3.8, 4) is 0 Å². The van der Waals surface area contributed by atoms with Crippen LogP contribution in [0.3, 0.4) is 0 Å². The van der Waals surface area contributed by atoms with Gasteiger partial charge in [0, 0.05) is 21.9 Å². The first kappa shape index (κ1) is 13.7. The molecule has 2 heterocycles. The Labute approximate surface area is 118 Å². The lowest BCUT2D eigenvalue weighted by Gasteiger charge is -2.19. The second-order valence-electron chi connectivity index (χ2n) is 4.53. The minimum Gasteiger partial charge on any atom is -0.300 e. The van der Waals surface area contributed by atoms with E-state index in [1.54, 1.807) is 11.3 Å². The zero-order chi connectivity index (χ0) is 13.3. The Balaban J connectivity index is 1.98. The summed E-state index contributed by atoms with van der Waals surface area (Å²) in [5.74, 6) is -0.194. The van der Waals surface area contributed by atoms with Gasteiger partial charge in [-0.1, -0.05) is 0 Å². The zero-order valence-electron chi connectivity index (χ0n) is 10.3. The van der Waals surface area contributed by atoms with Crippen molar-refractivity contribution in [1.82, 2.24) is 10.2 Å². The molecule has 0 aliphatic carbocycles. The lowest BCUT2D eigenvalue weighted by atomic mass is 10.2. The SMILES string of the molecule is CC(C)N1C(=O)CC(NCc2sccc2Br)C1=O. The van der Waals surface area contributed by atoms with Gasteiger partial charge in [-0.3, -0.25) is 14.5 Å². The second-order valence-corrected chi connectivity index (χ2v) is 6.38. The fourth-order valence-corrected chi connectivity index (χ4v) is 3.46. The van der Waals surface area contributed by atoms with Crippen LogP contribution < -0.4 is 5.32 Å². The largest absolute Gasteiger partial charge is 0.300 e. The highest BCUT2D eigenvalue weighted by atomic mass is 79.9. The van der Waals surface area contributed by atoms with Crippen molar-refractivity contribution in [2.45, 2.75) is 38.9 Å². The average molecular weight is 331 g/mol. The van der Waals surface area contributed by atoms with Gasteiger partial charge in [-0.15, -0.1) is 11.3 Å². The average Bonchev–Trinajstić information content (AvgIpc) is 2.80. The number of carbonyl (C=O) groups is 2. The van der Waals surface area contributed by atoms with Crippen molar-refractivity contribution in [3.05, 3.63) is 20.8 Å². The maximum absolute atomic E-state index is 12.0. The highest BCUT2D eigenvalue weighted by Gasteiger charge is 2.39. The van der Waals surface area contributed by atoms with E-state index in [4.69, 9.17) is 0 Å². The van der Waals surface area contributed by atoms with Gasteiger partial charge in [-0.2, -0.15) is 0 Å². The Morgan fingerprint density at radius 2 is 2.28 bits per heavy atom. The van der Waals surface area contributed by atoms with Crippen molar-refractivity contribution in [2.24, 2.45) is 0 Å². The Kier molecular flexibility index (Phi) is 4.19. The molecule has 0 spiro atoms. The summed E-state index contributed by atoms with van der Waals surface area (Å²) in [5.41, 5.74) is 0. The van der Waals surface area contributed by atoms with Gasteiger partial charge in [0.1, 0.15) is 0 Å². The van der Waals surface area contributed by atoms with Gasteiger partial charge in [-0.25, -0.2) is 0 Å². The molecule has 1 aromatic heterocycles. The molecule has 98 valence electrons. The number of nitrogens with zero attached hydrogens (tertiary/aromatic N) is 1. The summed E-state index contributed by atoms with van der Waals surface area (Å²) in [6.07, 6.45) is 0.264. The predicted molar refractivity (Wildman–Crippen MR) is 74.3 cm³/mol. The van der Waals surface area contributed by atoms with Crippen LogP contribution in [-0.2, 0) is 16.1 Å². The van der Waals surface area contributed by atoms with Crippen molar-refractivity contribution < 1.29 is 9.59 Å². The van der Waals surface area contributed by atoms with Crippen LogP contribution >= 0.6 is 27.3 Å². The first-order valence-corrected chi connectivity index (χ1v) is 7.49. The number of thiophene rings is 1. The molecule has 2 amide bonds. The molecule has 1 atom stereocenters. The summed E-state index contributed by atoms with van der Waals surface area (Å²) in [5, 5.41) is 5.15. The number of rotatable bonds is 4. The van der Waals surface area contributed by atoms with E-state index in [2.05, 4.69) is 21.2 Å². The lowest BCUT2D eigenvalue weighted by molar-refractivity contribution is -0.140. The molecule has 1 saturated heterocycles. The smallest absolute Gasteiger partial charge is 0.247 e. The number of imide groups is 1. The third-order valence-electron chi connectivity index (χ3n) is 2.90. The number of carbonyl (C=O) groups excluding carboxylic acids is 2. The molecule has 1 N–H and O–H groups in total. The van der Waals surface area contributed by atoms with Crippen LogP contribution in [-0.4, -0.2) is 28.8 Å². The Hall–Kier alpha value is -0.720. The van der Waals surface area contributed by atoms with Crippen LogP contribution in [0.1, 0.15) is 25.1 Å². The van der Waals surface area contributed by atoms with E-state index in [1.807, 2.05) is 25.3 Å². The molecule has 1 aromatic rings. The van der Waals surface area contributed by atoms with Crippen LogP contribution in [0.5, 0.6) is 0 Å². The third-order valence-corrected chi connectivity index (χ3v) is 4.83. The molecule has 1 fully saturated rings. The Bertz CT molecular complexity index is 472. The number of likely N-dealkylation sites (tertiary alicyclic amines) is 1. The third kappa shape index (κ3) is 2.65. The van der Waals surface area contributed by atoms with E-state index < -0.39 is 0 Å². The van der Waals surface area contributed by atoms with E-state index in [9.17, 15) is 9.59 Å². The number of amides is 2. The number of hydrogen-bond acceptors (Lipinski definition) is 4. The zero-order valence-corrected chi connectivity index (χ0v) is 12.7. The van der Waals surface area contributed by atoms with Crippen LogP contribution in [0.2, 0.25) is 0 Å². The van der Waals surface area contributed by atoms with Crippen LogP contribution in [0.4, 0.5) is 0 Å². The van der Waals surface area contributed by atoms with Crippen molar-refractivity contribution in [1.29, 1.82) is 0 Å². The molecule has 1 aliphatic rings. The second kappa shape index (κ2) is 5.50. The van der Waals surface area contributed by atoms with Crippen molar-refractivity contribution in [3.63, 3.8) is 0 Å². The highest BCUT2D eigenvalue weighted by molar-refractivity contribution is 9.10. The quantitative estimate of drug-likeness (QED) is 0.860. The molecule has 4 nitrogen and oxygen atoms in total. The van der Waals surface area contributed by atoms with E-state index in [0.717, 1.165) is 9.35 Å². The standard InChI is InChI=1S/C12H15BrN2O2S/c1-7(2)15-11(16)5-9(12(15)17)14-6-10-8(13)3-4-18-10/h3-4,7,9,14H,5-6H2,1-2H3. The van der Waals surface area contributed by atoms with E-state index in [-0.39, 0.29) is 30.3 Å². The Morgan fingerprint density at radius 1 is 1.56 bits per heavy atom. The molecule has 1 aliphatic heterocycles. The fourth-order valence-electron chi connectivity index (χ4n) is 2.02. The molecule has 6 heteroatoms. The topological polar surface area (TPSA) is 49.4 Å². The van der Waals surface area contributed by atoms with Gasteiger partial charge in [0.15, 0.2) is 0 Å². The van der Waals surface area contributed by atoms with Gasteiger partial charge < -0.3 is 5.32 Å². The molecule has 0 bridgehead atoms. The molecular formula is C12H15BrN2O2S. The van der Waals surface area contributed by atoms with Gasteiger partial charge >= 0.3 is 0 Å². The van der Waals surface area contributed by atoms with Crippen molar-refractivity contribution >= 4 is 39.1 Å². The van der Waals surface area contributed by atoms with Gasteiger partial charge in [0.25, 0.3) is 0 Å². The summed E-state index contributed by atoms with van der Waals surface area (Å²) >= 11 is 5.07. The summed E-state index contributed by atoms with van der Waals surface area (Å²) in [7, 11) is 0. The van der Waals surface area contributed by atoms with Crippen LogP contribution in [0.15, 0.2) is 15.9 Å². The summed E-state index contributed by atoms with van der Waals surface area (Å²) in [4.78, 5) is 26.2. The number of halogens is 1. The van der Waals surface area contributed by atoms with E-state index in [0.29, 0.717) is 6.54 Å². The van der Waals surface area contributed by atoms with Gasteiger partial charge in [0.2, 0.25) is 11.8 Å². The Morgan fingerprint density at radius 3 is 2.78 bits per heavy atom. The first-order chi connectivity index (χ1) is 8.50. The lowest BCUT2D eigenvalue weighted by Crippen LogP contribution is -2.41. The van der Waals surface area contributed by atoms with Gasteiger partial charge in [0.05, 0.1) is 12.5 Å². The van der Waals surface area contributed by atoms with Crippen LogP contribution in [0.25, 0.3) is 0 Å².